The van der Waals surface area contributed by atoms with Crippen LogP contribution in [0.3, 0.4) is 0 Å². The van der Waals surface area contributed by atoms with E-state index in [4.69, 9.17) is 0 Å². The molecule has 4 nitrogen and oxygen atoms in total. The van der Waals surface area contributed by atoms with Crippen molar-refractivity contribution < 1.29 is 9.90 Å². The molecule has 0 saturated carbocycles. The molecule has 1 fully saturated rings. The molecule has 0 aliphatic carbocycles. The van der Waals surface area contributed by atoms with Gasteiger partial charge < -0.3 is 15.3 Å². The zero-order chi connectivity index (χ0) is 11.4. The number of hydrogen-bond acceptors (Lipinski definition) is 3. The molecule has 0 bridgehead atoms. The van der Waals surface area contributed by atoms with E-state index in [2.05, 4.69) is 5.32 Å². The monoisotopic (exact) mass is 220 g/mol. The Morgan fingerprint density at radius 2 is 2.19 bits per heavy atom. The second kappa shape index (κ2) is 4.99. The number of aliphatic hydroxyl groups is 1. The van der Waals surface area contributed by atoms with Crippen LogP contribution < -0.4 is 5.32 Å². The maximum Gasteiger partial charge on any atom is 0.241 e. The van der Waals surface area contributed by atoms with E-state index in [0.29, 0.717) is 19.5 Å². The number of carbonyl (C=O) groups is 1. The molecule has 1 unspecified atom stereocenters. The maximum atomic E-state index is 11.7. The van der Waals surface area contributed by atoms with E-state index in [1.165, 1.54) is 0 Å². The summed E-state index contributed by atoms with van der Waals surface area (Å²) in [7, 11) is 0. The number of nitrogens with zero attached hydrogens (tertiary/aromatic N) is 1. The molecule has 1 aromatic rings. The number of likely N-dealkylation sites (tertiary alicyclic amines) is 1. The summed E-state index contributed by atoms with van der Waals surface area (Å²) in [6, 6.07) is 9.63. The van der Waals surface area contributed by atoms with E-state index in [1.807, 2.05) is 30.3 Å². The number of aliphatic hydroxyl groups excluding tert-OH is 1. The lowest BCUT2D eigenvalue weighted by molar-refractivity contribution is -0.128. The lowest BCUT2D eigenvalue weighted by Gasteiger charge is -2.16. The summed E-state index contributed by atoms with van der Waals surface area (Å²) < 4.78 is 0. The smallest absolute Gasteiger partial charge is 0.241 e. The SMILES string of the molecule is O=C(CNc1ccccc1)N1CCC(O)C1. The first-order chi connectivity index (χ1) is 7.75. The Kier molecular flexibility index (Phi) is 3.41. The van der Waals surface area contributed by atoms with Gasteiger partial charge in [0.15, 0.2) is 0 Å². The van der Waals surface area contributed by atoms with Crippen LogP contribution in [0.2, 0.25) is 0 Å². The lowest BCUT2D eigenvalue weighted by atomic mass is 10.3. The van der Waals surface area contributed by atoms with Gasteiger partial charge in [0, 0.05) is 18.8 Å². The van der Waals surface area contributed by atoms with Crippen molar-refractivity contribution in [3.63, 3.8) is 0 Å². The van der Waals surface area contributed by atoms with Crippen molar-refractivity contribution in [1.82, 2.24) is 4.90 Å². The Morgan fingerprint density at radius 3 is 2.81 bits per heavy atom. The predicted octanol–water partition coefficient (Wildman–Crippen LogP) is 0.692. The summed E-state index contributed by atoms with van der Waals surface area (Å²) in [5, 5.41) is 12.4. The van der Waals surface area contributed by atoms with Gasteiger partial charge in [0.25, 0.3) is 0 Å². The molecule has 0 radical (unpaired) electrons. The van der Waals surface area contributed by atoms with Gasteiger partial charge in [-0.2, -0.15) is 0 Å². The molecule has 2 rings (SSSR count). The fraction of sp³-hybridized carbons (Fsp3) is 0.417. The molecule has 1 heterocycles. The van der Waals surface area contributed by atoms with Gasteiger partial charge in [0.2, 0.25) is 5.91 Å². The van der Waals surface area contributed by atoms with E-state index in [9.17, 15) is 9.90 Å². The molecule has 1 aliphatic heterocycles. The number of amides is 1. The molecule has 1 aliphatic rings. The molecule has 1 aromatic carbocycles. The van der Waals surface area contributed by atoms with Crippen LogP contribution >= 0.6 is 0 Å². The van der Waals surface area contributed by atoms with Crippen LogP contribution in [0.5, 0.6) is 0 Å². The molecule has 2 N–H and O–H groups in total. The largest absolute Gasteiger partial charge is 0.391 e. The zero-order valence-corrected chi connectivity index (χ0v) is 9.10. The van der Waals surface area contributed by atoms with Crippen molar-refractivity contribution in [3.8, 4) is 0 Å². The standard InChI is InChI=1S/C12H16N2O2/c15-11-6-7-14(9-11)12(16)8-13-10-4-2-1-3-5-10/h1-5,11,13,15H,6-9H2. The Hall–Kier alpha value is -1.55. The lowest BCUT2D eigenvalue weighted by Crippen LogP contribution is -2.34. The van der Waals surface area contributed by atoms with Crippen LogP contribution in [-0.4, -0.2) is 41.7 Å². The summed E-state index contributed by atoms with van der Waals surface area (Å²) in [5.41, 5.74) is 0.940. The number of β-amino-alcohol motifs (C(OH)–C–C–N with tert-alkyl or cyclic N) is 1. The van der Waals surface area contributed by atoms with Crippen LogP contribution in [0.15, 0.2) is 30.3 Å². The quantitative estimate of drug-likeness (QED) is 0.788. The van der Waals surface area contributed by atoms with E-state index in [0.717, 1.165) is 5.69 Å². The van der Waals surface area contributed by atoms with E-state index >= 15 is 0 Å². The Bertz CT molecular complexity index is 353. The van der Waals surface area contributed by atoms with Crippen LogP contribution in [0.1, 0.15) is 6.42 Å². The van der Waals surface area contributed by atoms with Gasteiger partial charge in [0.05, 0.1) is 12.6 Å². The molecule has 16 heavy (non-hydrogen) atoms. The van der Waals surface area contributed by atoms with Gasteiger partial charge in [-0.25, -0.2) is 0 Å². The first kappa shape index (κ1) is 11.0. The van der Waals surface area contributed by atoms with Gasteiger partial charge in [-0.1, -0.05) is 18.2 Å². The average Bonchev–Trinajstić information content (AvgIpc) is 2.74. The molecular formula is C12H16N2O2. The van der Waals surface area contributed by atoms with Crippen LogP contribution in [0.4, 0.5) is 5.69 Å². The summed E-state index contributed by atoms with van der Waals surface area (Å²) in [4.78, 5) is 13.4. The summed E-state index contributed by atoms with van der Waals surface area (Å²) >= 11 is 0. The third-order valence-corrected chi connectivity index (χ3v) is 2.73. The summed E-state index contributed by atoms with van der Waals surface area (Å²) in [6.45, 7) is 1.42. The number of carbonyl (C=O) groups excluding carboxylic acids is 1. The van der Waals surface area contributed by atoms with Crippen LogP contribution in [-0.2, 0) is 4.79 Å². The van der Waals surface area contributed by atoms with E-state index in [1.54, 1.807) is 4.90 Å². The van der Waals surface area contributed by atoms with Crippen molar-refractivity contribution in [1.29, 1.82) is 0 Å². The summed E-state index contributed by atoms with van der Waals surface area (Å²) in [6.07, 6.45) is 0.345. The minimum atomic E-state index is -0.347. The fourth-order valence-electron chi connectivity index (χ4n) is 1.81. The molecule has 0 spiro atoms. The zero-order valence-electron chi connectivity index (χ0n) is 9.10. The highest BCUT2D eigenvalue weighted by Gasteiger charge is 2.23. The highest BCUT2D eigenvalue weighted by atomic mass is 16.3. The molecule has 0 aromatic heterocycles. The van der Waals surface area contributed by atoms with Crippen molar-refractivity contribution in [2.45, 2.75) is 12.5 Å². The Morgan fingerprint density at radius 1 is 1.44 bits per heavy atom. The number of benzene rings is 1. The Labute approximate surface area is 94.9 Å². The number of anilines is 1. The highest BCUT2D eigenvalue weighted by molar-refractivity contribution is 5.81. The molecule has 1 atom stereocenters. The molecule has 4 heteroatoms. The second-order valence-corrected chi connectivity index (χ2v) is 4.00. The highest BCUT2D eigenvalue weighted by Crippen LogP contribution is 2.09. The van der Waals surface area contributed by atoms with E-state index in [-0.39, 0.29) is 18.6 Å². The topological polar surface area (TPSA) is 52.6 Å². The summed E-state index contributed by atoms with van der Waals surface area (Å²) in [5.74, 6) is 0.0420. The number of hydrogen-bond donors (Lipinski definition) is 2. The number of rotatable bonds is 3. The first-order valence-corrected chi connectivity index (χ1v) is 5.50. The van der Waals surface area contributed by atoms with E-state index < -0.39 is 0 Å². The van der Waals surface area contributed by atoms with Crippen LogP contribution in [0.25, 0.3) is 0 Å². The predicted molar refractivity (Wildman–Crippen MR) is 62.1 cm³/mol. The van der Waals surface area contributed by atoms with Gasteiger partial charge in [-0.15, -0.1) is 0 Å². The first-order valence-electron chi connectivity index (χ1n) is 5.50. The van der Waals surface area contributed by atoms with Gasteiger partial charge >= 0.3 is 0 Å². The van der Waals surface area contributed by atoms with Crippen molar-refractivity contribution >= 4 is 11.6 Å². The molecular weight excluding hydrogens is 204 g/mol. The third kappa shape index (κ3) is 2.73. The molecule has 86 valence electrons. The minimum Gasteiger partial charge on any atom is -0.391 e. The van der Waals surface area contributed by atoms with Gasteiger partial charge in [-0.05, 0) is 18.6 Å². The van der Waals surface area contributed by atoms with Crippen molar-refractivity contribution in [3.05, 3.63) is 30.3 Å². The fourth-order valence-corrected chi connectivity index (χ4v) is 1.81. The normalized spacial score (nSPS) is 19.8. The van der Waals surface area contributed by atoms with Gasteiger partial charge in [0.1, 0.15) is 0 Å². The second-order valence-electron chi connectivity index (χ2n) is 4.00. The minimum absolute atomic E-state index is 0.0420. The Balaban J connectivity index is 1.80. The molecule has 1 amide bonds. The van der Waals surface area contributed by atoms with Crippen LogP contribution in [0, 0.1) is 0 Å². The average molecular weight is 220 g/mol. The van der Waals surface area contributed by atoms with Crippen molar-refractivity contribution in [2.75, 3.05) is 25.0 Å². The van der Waals surface area contributed by atoms with Crippen molar-refractivity contribution in [2.24, 2.45) is 0 Å². The number of nitrogens with one attached hydrogen (secondary N) is 1. The third-order valence-electron chi connectivity index (χ3n) is 2.73. The number of para-hydroxylation sites is 1. The van der Waals surface area contributed by atoms with Gasteiger partial charge in [-0.3, -0.25) is 4.79 Å². The maximum absolute atomic E-state index is 11.7. The molecule has 1 saturated heterocycles.